The Morgan fingerprint density at radius 3 is 1.92 bits per heavy atom. The lowest BCUT2D eigenvalue weighted by atomic mass is 10.1. The molecule has 5 nitrogen and oxygen atoms in total. The van der Waals surface area contributed by atoms with Gasteiger partial charge in [0.05, 0.1) is 59.1 Å². The molecular formula is C45H27N5S. The number of thiophene rings is 1. The first-order valence-corrected chi connectivity index (χ1v) is 15.7. The molecule has 0 atom stereocenters. The highest BCUT2D eigenvalue weighted by Crippen LogP contribution is 2.43. The molecule has 238 valence electrons. The van der Waals surface area contributed by atoms with Gasteiger partial charge < -0.3 is 4.57 Å². The third-order valence-corrected chi connectivity index (χ3v) is 9.29. The molecule has 7 aromatic carbocycles. The van der Waals surface area contributed by atoms with E-state index in [0.29, 0.717) is 11.3 Å². The molecule has 6 heteroatoms. The number of hydrogen-bond acceptors (Lipinski definition) is 4. The van der Waals surface area contributed by atoms with Gasteiger partial charge in [-0.15, -0.1) is 11.3 Å². The number of nitrogens with zero attached hydrogens (tertiary/aromatic N) is 5. The fourth-order valence-corrected chi connectivity index (χ4v) is 7.20. The van der Waals surface area contributed by atoms with Crippen molar-refractivity contribution in [3.63, 3.8) is 0 Å². The van der Waals surface area contributed by atoms with E-state index in [9.17, 15) is 8.22 Å². The van der Waals surface area contributed by atoms with E-state index < -0.39 is 241 Å². The smallest absolute Gasteiger partial charge is 0.238 e. The van der Waals surface area contributed by atoms with Gasteiger partial charge in [0.25, 0.3) is 0 Å². The van der Waals surface area contributed by atoms with E-state index >= 15 is 0 Å². The van der Waals surface area contributed by atoms with Gasteiger partial charge in [0.15, 0.2) is 11.6 Å². The first-order chi connectivity index (χ1) is 36.5. The van der Waals surface area contributed by atoms with Crippen LogP contribution in [0.15, 0.2) is 163 Å². The summed E-state index contributed by atoms with van der Waals surface area (Å²) in [5.74, 6) is -2.38. The van der Waals surface area contributed by atoms with Crippen molar-refractivity contribution in [2.75, 3.05) is 0 Å². The molecule has 11 aromatic rings. The van der Waals surface area contributed by atoms with Crippen LogP contribution in [0, 0.1) is 0 Å². The van der Waals surface area contributed by atoms with E-state index in [4.69, 9.17) is 28.8 Å². The van der Waals surface area contributed by atoms with Crippen LogP contribution in [-0.4, -0.2) is 24.1 Å². The standard InChI is InChI=1S/C45H27N5S/c1-3-14-28(15-4-1)43-46-44(35-22-13-21-33-31-19-9-12-25-39(31)51-42(33)35)48-45(47-43)50-37-24-11-8-20-34(37)40-38(50)27-26-32-30-18-7-10-23-36(30)49(41(32)40)29-16-5-2-6-17-29/h1-27H/i1D,2D,3D,4D,5D,6D,7D,8D,9D,10D,11D,12D,13D,14D,15D,16D,17D,18D,19D,20D,21D,22D,23D,24D,25D,26D,27D. The van der Waals surface area contributed by atoms with Crippen molar-refractivity contribution < 1.29 is 37.0 Å². The minimum Gasteiger partial charge on any atom is -0.309 e. The van der Waals surface area contributed by atoms with Crippen LogP contribution in [0.5, 0.6) is 0 Å². The second kappa shape index (κ2) is 10.9. The monoisotopic (exact) mass is 696 g/mol. The molecule has 0 aliphatic heterocycles. The van der Waals surface area contributed by atoms with Gasteiger partial charge in [-0.25, -0.2) is 4.98 Å². The Labute approximate surface area is 334 Å². The highest BCUT2D eigenvalue weighted by molar-refractivity contribution is 7.26. The minimum atomic E-state index is -0.933. The molecule has 0 radical (unpaired) electrons. The Kier molecular flexibility index (Phi) is 2.70. The molecule has 4 aromatic heterocycles. The molecule has 0 amide bonds. The number of benzene rings is 7. The maximum Gasteiger partial charge on any atom is 0.238 e. The van der Waals surface area contributed by atoms with Gasteiger partial charge in [0.1, 0.15) is 0 Å². The topological polar surface area (TPSA) is 48.5 Å². The Morgan fingerprint density at radius 2 is 1.10 bits per heavy atom. The molecule has 0 aliphatic carbocycles. The van der Waals surface area contributed by atoms with Crippen LogP contribution in [0.25, 0.3) is 98.2 Å². The van der Waals surface area contributed by atoms with Crippen LogP contribution >= 0.6 is 11.3 Å². The van der Waals surface area contributed by atoms with Crippen molar-refractivity contribution >= 4 is 75.1 Å². The highest BCUT2D eigenvalue weighted by Gasteiger charge is 2.23. The summed E-state index contributed by atoms with van der Waals surface area (Å²) in [6.07, 6.45) is 0. The summed E-state index contributed by atoms with van der Waals surface area (Å²) in [6, 6.07) is -22.7. The van der Waals surface area contributed by atoms with Crippen molar-refractivity contribution in [3.05, 3.63) is 163 Å². The fourth-order valence-electron chi connectivity index (χ4n) is 6.14. The number of para-hydroxylation sites is 3. The fraction of sp³-hybridized carbons (Fsp3) is 0. The van der Waals surface area contributed by atoms with Crippen LogP contribution in [0.4, 0.5) is 0 Å². The van der Waals surface area contributed by atoms with E-state index in [-0.39, 0.29) is 20.2 Å². The quantitative estimate of drug-likeness (QED) is 0.184. The molecule has 51 heavy (non-hydrogen) atoms. The number of hydrogen-bond donors (Lipinski definition) is 0. The third kappa shape index (κ3) is 4.17. The second-order valence-corrected chi connectivity index (χ2v) is 11.9. The van der Waals surface area contributed by atoms with E-state index in [2.05, 4.69) is 15.0 Å². The summed E-state index contributed by atoms with van der Waals surface area (Å²) < 4.78 is 242. The van der Waals surface area contributed by atoms with Crippen LogP contribution in [-0.2, 0) is 0 Å². The highest BCUT2D eigenvalue weighted by atomic mass is 32.1. The van der Waals surface area contributed by atoms with Crippen molar-refractivity contribution in [2.45, 2.75) is 0 Å². The molecular weight excluding hydrogens is 643 g/mol. The molecule has 4 heterocycles. The molecule has 0 N–H and O–H groups in total. The maximum absolute atomic E-state index is 9.82. The molecule has 11 rings (SSSR count). The van der Waals surface area contributed by atoms with E-state index in [1.807, 2.05) is 0 Å². The molecule has 0 saturated heterocycles. The van der Waals surface area contributed by atoms with Crippen LogP contribution in [0.1, 0.15) is 37.0 Å². The lowest BCUT2D eigenvalue weighted by molar-refractivity contribution is 0.954. The molecule has 0 aliphatic rings. The summed E-state index contributed by atoms with van der Waals surface area (Å²) >= 11 is 0.647. The Morgan fingerprint density at radius 1 is 0.451 bits per heavy atom. The Bertz CT molecular complexity index is 4660. The lowest BCUT2D eigenvalue weighted by Gasteiger charge is -2.12. The normalized spacial score (nSPS) is 19.3. The van der Waals surface area contributed by atoms with Crippen LogP contribution in [0.2, 0.25) is 0 Å². The van der Waals surface area contributed by atoms with Crippen LogP contribution in [0.3, 0.4) is 0 Å². The minimum absolute atomic E-state index is 0.128. The molecule has 0 unspecified atom stereocenters. The second-order valence-electron chi connectivity index (χ2n) is 10.8. The summed E-state index contributed by atoms with van der Waals surface area (Å²) in [5, 5.41) is -2.57. The van der Waals surface area contributed by atoms with Crippen molar-refractivity contribution in [3.8, 4) is 34.4 Å². The summed E-state index contributed by atoms with van der Waals surface area (Å²) in [4.78, 5) is 13.7. The van der Waals surface area contributed by atoms with Gasteiger partial charge in [-0.3, -0.25) is 4.57 Å². The van der Waals surface area contributed by atoms with Crippen molar-refractivity contribution in [1.29, 1.82) is 0 Å². The first-order valence-electron chi connectivity index (χ1n) is 28.3. The Hall–Kier alpha value is -6.63. The molecule has 0 fully saturated rings. The van der Waals surface area contributed by atoms with Gasteiger partial charge in [-0.05, 0) is 42.3 Å². The largest absolute Gasteiger partial charge is 0.309 e. The summed E-state index contributed by atoms with van der Waals surface area (Å²) in [6.45, 7) is 0. The summed E-state index contributed by atoms with van der Waals surface area (Å²) in [7, 11) is 0. The molecule has 0 spiro atoms. The molecule has 0 bridgehead atoms. The van der Waals surface area contributed by atoms with Gasteiger partial charge in [-0.2, -0.15) is 9.97 Å². The zero-order chi connectivity index (χ0) is 57.0. The maximum atomic E-state index is 9.82. The van der Waals surface area contributed by atoms with E-state index in [0.717, 1.165) is 9.13 Å². The van der Waals surface area contributed by atoms with Gasteiger partial charge >= 0.3 is 0 Å². The van der Waals surface area contributed by atoms with Gasteiger partial charge in [-0.1, -0.05) is 121 Å². The van der Waals surface area contributed by atoms with Crippen molar-refractivity contribution in [2.24, 2.45) is 0 Å². The first kappa shape index (κ1) is 12.6. The predicted molar refractivity (Wildman–Crippen MR) is 212 cm³/mol. The number of aromatic nitrogens is 5. The lowest BCUT2D eigenvalue weighted by Crippen LogP contribution is -2.06. The van der Waals surface area contributed by atoms with E-state index in [1.165, 1.54) is 0 Å². The average Bonchev–Trinajstić information content (AvgIpc) is 4.25. The third-order valence-electron chi connectivity index (χ3n) is 8.16. The summed E-state index contributed by atoms with van der Waals surface area (Å²) in [5.41, 5.74) is -4.36. The zero-order valence-electron chi connectivity index (χ0n) is 52.1. The van der Waals surface area contributed by atoms with Crippen LogP contribution < -0.4 is 0 Å². The predicted octanol–water partition coefficient (Wildman–Crippen LogP) is 11.8. The number of fused-ring (bicyclic) bond motifs is 10. The van der Waals surface area contributed by atoms with E-state index in [1.54, 1.807) is 0 Å². The SMILES string of the molecule is [2H]c1c([2H])c([2H])c(-c2nc(-c3c([2H])c([2H])c([2H])c4c3sc3c([2H])c([2H])c([2H])c([2H])c34)nc(-n3c4c([2H])c([2H])c([2H])c([2H])c4c4c3c([2H])c([2H])c3c5c([2H])c([2H])c([2H])c([2H])c5n(-c5c([2H])c([2H])c([2H])c([2H])c5[2H])c34)n2)c([2H])c1[2H]. The van der Waals surface area contributed by atoms with Gasteiger partial charge in [0.2, 0.25) is 5.95 Å². The van der Waals surface area contributed by atoms with Gasteiger partial charge in [0, 0.05) is 58.5 Å². The zero-order valence-corrected chi connectivity index (χ0v) is 26.0. The number of rotatable bonds is 4. The average molecular weight is 697 g/mol. The molecule has 0 saturated carbocycles. The Balaban J connectivity index is 1.45. The van der Waals surface area contributed by atoms with Crippen molar-refractivity contribution in [1.82, 2.24) is 24.1 Å².